The first-order chi connectivity index (χ1) is 7.98. The third kappa shape index (κ3) is 2.67. The first-order valence-electron chi connectivity index (χ1n) is 6.95. The van der Waals surface area contributed by atoms with Gasteiger partial charge in [0.1, 0.15) is 0 Å². The van der Waals surface area contributed by atoms with Crippen LogP contribution >= 0.6 is 0 Å². The summed E-state index contributed by atoms with van der Waals surface area (Å²) in [4.78, 5) is 0. The minimum Gasteiger partial charge on any atom is -0.381 e. The van der Waals surface area contributed by atoms with Crippen molar-refractivity contribution in [3.8, 4) is 0 Å². The van der Waals surface area contributed by atoms with Gasteiger partial charge in [0, 0.05) is 25.1 Å². The van der Waals surface area contributed by atoms with E-state index < -0.39 is 0 Å². The van der Waals surface area contributed by atoms with Gasteiger partial charge in [0.2, 0.25) is 0 Å². The predicted octanol–water partition coefficient (Wildman–Crippen LogP) is 1.78. The zero-order valence-corrected chi connectivity index (χ0v) is 11.8. The van der Waals surface area contributed by atoms with Crippen molar-refractivity contribution in [3.05, 3.63) is 0 Å². The zero-order chi connectivity index (χ0) is 12.5. The number of nitrogens with one attached hydrogen (secondary N) is 2. The molecule has 0 aromatic carbocycles. The summed E-state index contributed by atoms with van der Waals surface area (Å²) in [6.07, 6.45) is 4.18. The monoisotopic (exact) mass is 240 g/mol. The molecule has 1 saturated heterocycles. The maximum absolute atomic E-state index is 5.50. The molecule has 2 N–H and O–H groups in total. The van der Waals surface area contributed by atoms with Crippen LogP contribution in [0.5, 0.6) is 0 Å². The van der Waals surface area contributed by atoms with E-state index in [2.05, 4.69) is 31.4 Å². The summed E-state index contributed by atoms with van der Waals surface area (Å²) in [6, 6.07) is 0.624. The van der Waals surface area contributed by atoms with Crippen LogP contribution in [0.2, 0.25) is 0 Å². The van der Waals surface area contributed by atoms with E-state index in [1.165, 1.54) is 25.9 Å². The lowest BCUT2D eigenvalue weighted by molar-refractivity contribution is -0.0996. The standard InChI is InChI=1S/C14H28N2O/c1-13(2)11(9-12(13)17-4)16-10-14(3)5-7-15-8-6-14/h11-12,15-16H,5-10H2,1-4H3. The molecular formula is C14H28N2O. The van der Waals surface area contributed by atoms with Gasteiger partial charge in [-0.05, 0) is 37.8 Å². The lowest BCUT2D eigenvalue weighted by atomic mass is 9.64. The molecule has 3 heteroatoms. The first kappa shape index (κ1) is 13.3. The van der Waals surface area contributed by atoms with Crippen LogP contribution < -0.4 is 10.6 Å². The molecule has 100 valence electrons. The van der Waals surface area contributed by atoms with Crippen molar-refractivity contribution in [2.24, 2.45) is 10.8 Å². The second kappa shape index (κ2) is 4.87. The molecule has 0 aromatic rings. The van der Waals surface area contributed by atoms with Crippen LogP contribution in [0.1, 0.15) is 40.0 Å². The highest BCUT2D eigenvalue weighted by atomic mass is 16.5. The molecule has 2 atom stereocenters. The number of methoxy groups -OCH3 is 1. The highest BCUT2D eigenvalue weighted by molar-refractivity contribution is 5.03. The summed E-state index contributed by atoms with van der Waals surface area (Å²) in [5, 5.41) is 7.22. The second-order valence-corrected chi connectivity index (χ2v) is 6.78. The van der Waals surface area contributed by atoms with Gasteiger partial charge in [0.15, 0.2) is 0 Å². The number of hydrogen-bond acceptors (Lipinski definition) is 3. The van der Waals surface area contributed by atoms with Crippen LogP contribution in [0.3, 0.4) is 0 Å². The lowest BCUT2D eigenvalue weighted by Gasteiger charge is -2.52. The average Bonchev–Trinajstić information content (AvgIpc) is 2.28. The largest absolute Gasteiger partial charge is 0.381 e. The fraction of sp³-hybridized carbons (Fsp3) is 1.00. The Morgan fingerprint density at radius 3 is 2.41 bits per heavy atom. The molecule has 0 radical (unpaired) electrons. The fourth-order valence-electron chi connectivity index (χ4n) is 3.21. The maximum atomic E-state index is 5.50. The summed E-state index contributed by atoms with van der Waals surface area (Å²) in [6.45, 7) is 10.5. The van der Waals surface area contributed by atoms with Gasteiger partial charge in [-0.1, -0.05) is 20.8 Å². The molecule has 1 aliphatic heterocycles. The quantitative estimate of drug-likeness (QED) is 0.786. The maximum Gasteiger partial charge on any atom is 0.0652 e. The van der Waals surface area contributed by atoms with Crippen LogP contribution in [0.15, 0.2) is 0 Å². The van der Waals surface area contributed by atoms with Crippen molar-refractivity contribution in [3.63, 3.8) is 0 Å². The molecule has 2 fully saturated rings. The normalized spacial score (nSPS) is 35.3. The molecule has 0 bridgehead atoms. The summed E-state index contributed by atoms with van der Waals surface area (Å²) in [5.41, 5.74) is 0.775. The Hall–Kier alpha value is -0.120. The minimum atomic E-state index is 0.290. The number of piperidine rings is 1. The topological polar surface area (TPSA) is 33.3 Å². The molecule has 3 nitrogen and oxygen atoms in total. The van der Waals surface area contributed by atoms with E-state index in [0.29, 0.717) is 17.6 Å². The van der Waals surface area contributed by atoms with Crippen LogP contribution in [0.4, 0.5) is 0 Å². The zero-order valence-electron chi connectivity index (χ0n) is 11.8. The minimum absolute atomic E-state index is 0.290. The van der Waals surface area contributed by atoms with Gasteiger partial charge in [0.25, 0.3) is 0 Å². The van der Waals surface area contributed by atoms with Crippen LogP contribution in [0, 0.1) is 10.8 Å². The third-order valence-electron chi connectivity index (χ3n) is 5.05. The molecule has 0 spiro atoms. The number of rotatable bonds is 4. The molecule has 0 aromatic heterocycles. The summed E-state index contributed by atoms with van der Waals surface area (Å²) in [7, 11) is 1.83. The first-order valence-corrected chi connectivity index (χ1v) is 6.95. The molecule has 17 heavy (non-hydrogen) atoms. The van der Waals surface area contributed by atoms with E-state index in [1.807, 2.05) is 7.11 Å². The summed E-state index contributed by atoms with van der Waals surface area (Å²) < 4.78 is 5.50. The number of hydrogen-bond donors (Lipinski definition) is 2. The Bertz CT molecular complexity index is 259. The average molecular weight is 240 g/mol. The van der Waals surface area contributed by atoms with Gasteiger partial charge >= 0.3 is 0 Å². The van der Waals surface area contributed by atoms with Gasteiger partial charge in [-0.25, -0.2) is 0 Å². The Labute approximate surface area is 106 Å². The Balaban J connectivity index is 1.79. The molecule has 2 aliphatic rings. The molecule has 1 saturated carbocycles. The van der Waals surface area contributed by atoms with Crippen LogP contribution in [0.25, 0.3) is 0 Å². The molecule has 1 heterocycles. The fourth-order valence-corrected chi connectivity index (χ4v) is 3.21. The second-order valence-electron chi connectivity index (χ2n) is 6.78. The number of ether oxygens (including phenoxy) is 1. The highest BCUT2D eigenvalue weighted by Gasteiger charge is 2.48. The Kier molecular flexibility index (Phi) is 3.81. The smallest absolute Gasteiger partial charge is 0.0652 e. The Morgan fingerprint density at radius 1 is 1.24 bits per heavy atom. The Morgan fingerprint density at radius 2 is 1.88 bits per heavy atom. The SMILES string of the molecule is COC1CC(NCC2(C)CCNCC2)C1(C)C. The lowest BCUT2D eigenvalue weighted by Crippen LogP contribution is -2.62. The van der Waals surface area contributed by atoms with Crippen LogP contribution in [-0.4, -0.2) is 38.9 Å². The van der Waals surface area contributed by atoms with Gasteiger partial charge in [0.05, 0.1) is 6.10 Å². The molecule has 0 amide bonds. The van der Waals surface area contributed by atoms with E-state index in [0.717, 1.165) is 13.0 Å². The molecule has 2 unspecified atom stereocenters. The predicted molar refractivity (Wildman–Crippen MR) is 71.2 cm³/mol. The highest BCUT2D eigenvalue weighted by Crippen LogP contribution is 2.43. The summed E-state index contributed by atoms with van der Waals surface area (Å²) >= 11 is 0. The van der Waals surface area contributed by atoms with Gasteiger partial charge in [-0.3, -0.25) is 0 Å². The van der Waals surface area contributed by atoms with E-state index >= 15 is 0 Å². The third-order valence-corrected chi connectivity index (χ3v) is 5.05. The van der Waals surface area contributed by atoms with E-state index in [9.17, 15) is 0 Å². The van der Waals surface area contributed by atoms with E-state index in [1.54, 1.807) is 0 Å². The molecule has 1 aliphatic carbocycles. The van der Waals surface area contributed by atoms with Crippen molar-refractivity contribution in [1.82, 2.24) is 10.6 Å². The van der Waals surface area contributed by atoms with Gasteiger partial charge in [-0.2, -0.15) is 0 Å². The van der Waals surface area contributed by atoms with Crippen molar-refractivity contribution in [2.45, 2.75) is 52.2 Å². The van der Waals surface area contributed by atoms with Crippen molar-refractivity contribution >= 4 is 0 Å². The summed E-state index contributed by atoms with van der Waals surface area (Å²) in [5.74, 6) is 0. The van der Waals surface area contributed by atoms with Crippen molar-refractivity contribution in [1.29, 1.82) is 0 Å². The van der Waals surface area contributed by atoms with E-state index in [-0.39, 0.29) is 5.41 Å². The molecular weight excluding hydrogens is 212 g/mol. The van der Waals surface area contributed by atoms with Crippen LogP contribution in [-0.2, 0) is 4.74 Å². The van der Waals surface area contributed by atoms with Gasteiger partial charge in [-0.15, -0.1) is 0 Å². The van der Waals surface area contributed by atoms with Gasteiger partial charge < -0.3 is 15.4 Å². The van der Waals surface area contributed by atoms with E-state index in [4.69, 9.17) is 4.74 Å². The molecule has 2 rings (SSSR count). The van der Waals surface area contributed by atoms with Crippen molar-refractivity contribution < 1.29 is 4.74 Å². The van der Waals surface area contributed by atoms with Crippen molar-refractivity contribution in [2.75, 3.05) is 26.7 Å².